The molecule has 0 unspecified atom stereocenters. The highest BCUT2D eigenvalue weighted by atomic mass is 16.1. The van der Waals surface area contributed by atoms with Crippen LogP contribution in [0.5, 0.6) is 0 Å². The van der Waals surface area contributed by atoms with Crippen molar-refractivity contribution in [1.82, 2.24) is 10.3 Å². The molecule has 0 saturated heterocycles. The summed E-state index contributed by atoms with van der Waals surface area (Å²) >= 11 is 0. The zero-order valence-electron chi connectivity index (χ0n) is 12.4. The molecule has 19 heavy (non-hydrogen) atoms. The van der Waals surface area contributed by atoms with Gasteiger partial charge in [-0.2, -0.15) is 0 Å². The number of aryl methyl sites for hydroxylation is 1. The maximum absolute atomic E-state index is 12.1. The van der Waals surface area contributed by atoms with Gasteiger partial charge in [-0.1, -0.05) is 27.7 Å². The van der Waals surface area contributed by atoms with E-state index >= 15 is 0 Å². The Balaban J connectivity index is 2.76. The summed E-state index contributed by atoms with van der Waals surface area (Å²) in [5.74, 6) is 6.21. The highest BCUT2D eigenvalue weighted by molar-refractivity contribution is 5.95. The number of nitrogens with two attached hydrogens (primary N) is 1. The van der Waals surface area contributed by atoms with Crippen molar-refractivity contribution in [3.63, 3.8) is 0 Å². The maximum Gasteiger partial charge on any atom is 0.251 e. The second kappa shape index (κ2) is 6.02. The van der Waals surface area contributed by atoms with Crippen molar-refractivity contribution in [2.75, 3.05) is 12.0 Å². The Morgan fingerprint density at radius 1 is 1.42 bits per heavy atom. The van der Waals surface area contributed by atoms with E-state index in [1.165, 1.54) is 0 Å². The fraction of sp³-hybridized carbons (Fsp3) is 0.571. The molecule has 1 aromatic heterocycles. The highest BCUT2D eigenvalue weighted by Crippen LogP contribution is 2.24. The average molecular weight is 264 g/mol. The lowest BCUT2D eigenvalue weighted by atomic mass is 9.81. The predicted octanol–water partition coefficient (Wildman–Crippen LogP) is 2.09. The number of hydrogen-bond donors (Lipinski definition) is 3. The van der Waals surface area contributed by atoms with E-state index in [-0.39, 0.29) is 11.3 Å². The Kier molecular flexibility index (Phi) is 4.89. The van der Waals surface area contributed by atoms with Crippen LogP contribution in [0.3, 0.4) is 0 Å². The van der Waals surface area contributed by atoms with Crippen LogP contribution < -0.4 is 16.6 Å². The second-order valence-electron chi connectivity index (χ2n) is 5.85. The van der Waals surface area contributed by atoms with Crippen LogP contribution >= 0.6 is 0 Å². The fourth-order valence-electron chi connectivity index (χ4n) is 1.49. The zero-order valence-corrected chi connectivity index (χ0v) is 12.4. The summed E-state index contributed by atoms with van der Waals surface area (Å²) in [6.45, 7) is 11.1. The van der Waals surface area contributed by atoms with E-state index in [9.17, 15) is 4.79 Å². The minimum atomic E-state index is -0.101. The third kappa shape index (κ3) is 4.21. The van der Waals surface area contributed by atoms with Crippen molar-refractivity contribution in [3.05, 3.63) is 23.4 Å². The van der Waals surface area contributed by atoms with Crippen LogP contribution in [0.15, 0.2) is 12.1 Å². The lowest BCUT2D eigenvalue weighted by Gasteiger charge is -2.29. The van der Waals surface area contributed by atoms with E-state index in [1.54, 1.807) is 12.1 Å². The number of anilines is 1. The quantitative estimate of drug-likeness (QED) is 0.562. The largest absolute Gasteiger partial charge is 0.351 e. The number of hydrazine groups is 1. The number of carbonyl (C=O) groups excluding carboxylic acids is 1. The van der Waals surface area contributed by atoms with Crippen LogP contribution in [0.1, 0.15) is 43.7 Å². The van der Waals surface area contributed by atoms with Gasteiger partial charge in [-0.15, -0.1) is 0 Å². The van der Waals surface area contributed by atoms with E-state index in [1.807, 2.05) is 6.92 Å². The molecule has 0 aliphatic rings. The lowest BCUT2D eigenvalue weighted by Crippen LogP contribution is -2.37. The molecule has 5 heteroatoms. The molecule has 0 aliphatic heterocycles. The van der Waals surface area contributed by atoms with Crippen LogP contribution in [0, 0.1) is 18.3 Å². The van der Waals surface area contributed by atoms with Gasteiger partial charge >= 0.3 is 0 Å². The minimum absolute atomic E-state index is 0.0622. The molecule has 0 fully saturated rings. The Morgan fingerprint density at radius 2 is 2.05 bits per heavy atom. The number of hydrogen-bond acceptors (Lipinski definition) is 4. The fourth-order valence-corrected chi connectivity index (χ4v) is 1.49. The minimum Gasteiger partial charge on any atom is -0.351 e. The number of nitrogens with zero attached hydrogens (tertiary/aromatic N) is 1. The Hall–Kier alpha value is -1.62. The molecule has 1 rings (SSSR count). The standard InChI is InChI=1S/C14H24N4O/c1-9(2)14(4,5)8-16-13(19)11-6-10(3)17-12(7-11)18-15/h6-7,9H,8,15H2,1-5H3,(H,16,19)(H,17,18). The number of pyridine rings is 1. The van der Waals surface area contributed by atoms with E-state index < -0.39 is 0 Å². The van der Waals surface area contributed by atoms with Gasteiger partial charge in [0.25, 0.3) is 5.91 Å². The van der Waals surface area contributed by atoms with Crippen LogP contribution in [-0.4, -0.2) is 17.4 Å². The Labute approximate surface area is 115 Å². The summed E-state index contributed by atoms with van der Waals surface area (Å²) in [5.41, 5.74) is 3.85. The van der Waals surface area contributed by atoms with Crippen molar-refractivity contribution in [3.8, 4) is 0 Å². The smallest absolute Gasteiger partial charge is 0.251 e. The number of aromatic nitrogens is 1. The van der Waals surface area contributed by atoms with Crippen molar-refractivity contribution >= 4 is 11.7 Å². The number of nitrogen functional groups attached to an aromatic ring is 1. The molecule has 0 radical (unpaired) electrons. The third-order valence-electron chi connectivity index (χ3n) is 3.63. The summed E-state index contributed by atoms with van der Waals surface area (Å²) < 4.78 is 0. The normalized spacial score (nSPS) is 11.5. The van der Waals surface area contributed by atoms with Crippen molar-refractivity contribution in [1.29, 1.82) is 0 Å². The summed E-state index contributed by atoms with van der Waals surface area (Å²) in [6, 6.07) is 3.39. The summed E-state index contributed by atoms with van der Waals surface area (Å²) in [7, 11) is 0. The van der Waals surface area contributed by atoms with E-state index in [0.717, 1.165) is 5.69 Å². The van der Waals surface area contributed by atoms with Crippen LogP contribution in [0.25, 0.3) is 0 Å². The molecule has 0 bridgehead atoms. The van der Waals surface area contributed by atoms with Gasteiger partial charge in [0, 0.05) is 17.8 Å². The SMILES string of the molecule is Cc1cc(C(=O)NCC(C)(C)C(C)C)cc(NN)n1. The lowest BCUT2D eigenvalue weighted by molar-refractivity contribution is 0.0924. The molecule has 0 aliphatic carbocycles. The van der Waals surface area contributed by atoms with Gasteiger partial charge in [-0.25, -0.2) is 10.8 Å². The van der Waals surface area contributed by atoms with Crippen molar-refractivity contribution in [2.24, 2.45) is 17.2 Å². The van der Waals surface area contributed by atoms with Gasteiger partial charge in [0.1, 0.15) is 5.82 Å². The molecule has 1 amide bonds. The molecule has 0 saturated carbocycles. The first-order valence-electron chi connectivity index (χ1n) is 6.50. The molecule has 1 aromatic rings. The van der Waals surface area contributed by atoms with Crippen LogP contribution in [0.2, 0.25) is 0 Å². The third-order valence-corrected chi connectivity index (χ3v) is 3.63. The molecule has 0 spiro atoms. The van der Waals surface area contributed by atoms with Crippen LogP contribution in [0.4, 0.5) is 5.82 Å². The molecule has 106 valence electrons. The van der Waals surface area contributed by atoms with E-state index in [2.05, 4.69) is 43.4 Å². The summed E-state index contributed by atoms with van der Waals surface area (Å²) in [4.78, 5) is 16.3. The molecule has 0 aromatic carbocycles. The molecule has 0 atom stereocenters. The first-order valence-corrected chi connectivity index (χ1v) is 6.50. The van der Waals surface area contributed by atoms with Crippen LogP contribution in [-0.2, 0) is 0 Å². The number of amides is 1. The number of nitrogens with one attached hydrogen (secondary N) is 2. The van der Waals surface area contributed by atoms with E-state index in [0.29, 0.717) is 23.8 Å². The maximum atomic E-state index is 12.1. The Bertz CT molecular complexity index is 455. The first-order chi connectivity index (χ1) is 8.76. The topological polar surface area (TPSA) is 80.0 Å². The second-order valence-corrected chi connectivity index (χ2v) is 5.85. The number of carbonyl (C=O) groups is 1. The molecule has 4 N–H and O–H groups in total. The van der Waals surface area contributed by atoms with Gasteiger partial charge in [0.15, 0.2) is 0 Å². The van der Waals surface area contributed by atoms with Gasteiger partial charge in [-0.05, 0) is 30.4 Å². The van der Waals surface area contributed by atoms with Gasteiger partial charge < -0.3 is 10.7 Å². The monoisotopic (exact) mass is 264 g/mol. The number of rotatable bonds is 5. The van der Waals surface area contributed by atoms with Gasteiger partial charge in [0.05, 0.1) is 0 Å². The van der Waals surface area contributed by atoms with E-state index in [4.69, 9.17) is 5.84 Å². The molecule has 1 heterocycles. The summed E-state index contributed by atoms with van der Waals surface area (Å²) in [6.07, 6.45) is 0. The Morgan fingerprint density at radius 3 is 2.58 bits per heavy atom. The molecular formula is C14H24N4O. The predicted molar refractivity (Wildman–Crippen MR) is 77.7 cm³/mol. The van der Waals surface area contributed by atoms with Gasteiger partial charge in [-0.3, -0.25) is 4.79 Å². The highest BCUT2D eigenvalue weighted by Gasteiger charge is 2.23. The van der Waals surface area contributed by atoms with Crippen molar-refractivity contribution in [2.45, 2.75) is 34.6 Å². The summed E-state index contributed by atoms with van der Waals surface area (Å²) in [5, 5.41) is 2.96. The van der Waals surface area contributed by atoms with Gasteiger partial charge in [0.2, 0.25) is 0 Å². The zero-order chi connectivity index (χ0) is 14.6. The first kappa shape index (κ1) is 15.4. The molecular weight excluding hydrogens is 240 g/mol. The molecule has 5 nitrogen and oxygen atoms in total. The average Bonchev–Trinajstić information content (AvgIpc) is 2.34. The van der Waals surface area contributed by atoms with Crippen molar-refractivity contribution < 1.29 is 4.79 Å².